The summed E-state index contributed by atoms with van der Waals surface area (Å²) in [6, 6.07) is 0.667. The lowest BCUT2D eigenvalue weighted by atomic mass is 10.1. The molecule has 1 saturated heterocycles. The Labute approximate surface area is 95.5 Å². The van der Waals surface area contributed by atoms with Crippen LogP contribution in [0.1, 0.15) is 24.6 Å². The normalized spacial score (nSPS) is 23.1. The third-order valence-corrected chi connectivity index (χ3v) is 3.78. The molecule has 0 radical (unpaired) electrons. The largest absolute Gasteiger partial charge is 0.308 e. The van der Waals surface area contributed by atoms with Gasteiger partial charge in [0.1, 0.15) is 0 Å². The second kappa shape index (κ2) is 5.58. The molecule has 2 heterocycles. The lowest BCUT2D eigenvalue weighted by molar-refractivity contribution is 0.198. The Morgan fingerprint density at radius 2 is 2.60 bits per heavy atom. The van der Waals surface area contributed by atoms with Gasteiger partial charge in [0.25, 0.3) is 0 Å². The molecule has 0 bridgehead atoms. The van der Waals surface area contributed by atoms with Crippen LogP contribution in [0.25, 0.3) is 0 Å². The summed E-state index contributed by atoms with van der Waals surface area (Å²) in [4.78, 5) is 7.94. The van der Waals surface area contributed by atoms with Gasteiger partial charge >= 0.3 is 0 Å². The second-order valence-corrected chi connectivity index (χ2v) is 5.05. The van der Waals surface area contributed by atoms with Gasteiger partial charge in [-0.15, -0.1) is 11.3 Å². The number of likely N-dealkylation sites (tertiary alicyclic amines) is 1. The molecule has 1 aromatic heterocycles. The first kappa shape index (κ1) is 11.0. The predicted octanol–water partition coefficient (Wildman–Crippen LogP) is 1.72. The highest BCUT2D eigenvalue weighted by molar-refractivity contribution is 7.09. The smallest absolute Gasteiger partial charge is 0.0794 e. The highest BCUT2D eigenvalue weighted by Gasteiger charge is 2.17. The average Bonchev–Trinajstić information content (AvgIpc) is 2.79. The Morgan fingerprint density at radius 1 is 1.67 bits per heavy atom. The summed E-state index contributed by atoms with van der Waals surface area (Å²) in [5.74, 6) is 0. The molecular formula is C11H19N3S. The van der Waals surface area contributed by atoms with Crippen LogP contribution in [0.15, 0.2) is 11.7 Å². The maximum Gasteiger partial charge on any atom is 0.0794 e. The Morgan fingerprint density at radius 3 is 3.33 bits per heavy atom. The number of hydrogen-bond acceptors (Lipinski definition) is 4. The Hall–Kier alpha value is -0.450. The van der Waals surface area contributed by atoms with Crippen LogP contribution in [0.3, 0.4) is 0 Å². The van der Waals surface area contributed by atoms with Crippen molar-refractivity contribution in [2.45, 2.75) is 32.4 Å². The minimum atomic E-state index is 0.667. The zero-order chi connectivity index (χ0) is 10.5. The first-order valence-electron chi connectivity index (χ1n) is 5.71. The van der Waals surface area contributed by atoms with E-state index >= 15 is 0 Å². The second-order valence-electron chi connectivity index (χ2n) is 4.08. The molecule has 4 heteroatoms. The Balaban J connectivity index is 1.74. The topological polar surface area (TPSA) is 28.2 Å². The van der Waals surface area contributed by atoms with E-state index in [4.69, 9.17) is 0 Å². The molecule has 15 heavy (non-hydrogen) atoms. The van der Waals surface area contributed by atoms with E-state index in [9.17, 15) is 0 Å². The van der Waals surface area contributed by atoms with Crippen LogP contribution in [0.2, 0.25) is 0 Å². The minimum absolute atomic E-state index is 0.667. The number of thiazole rings is 1. The van der Waals surface area contributed by atoms with Crippen molar-refractivity contribution in [2.24, 2.45) is 0 Å². The van der Waals surface area contributed by atoms with Gasteiger partial charge in [0.05, 0.1) is 5.51 Å². The zero-order valence-corrected chi connectivity index (χ0v) is 10.1. The molecule has 0 spiro atoms. The van der Waals surface area contributed by atoms with Gasteiger partial charge in [-0.25, -0.2) is 0 Å². The fraction of sp³-hybridized carbons (Fsp3) is 0.727. The molecule has 2 rings (SSSR count). The van der Waals surface area contributed by atoms with Gasteiger partial charge in [-0.1, -0.05) is 6.92 Å². The quantitative estimate of drug-likeness (QED) is 0.845. The fourth-order valence-corrected chi connectivity index (χ4v) is 2.63. The number of hydrogen-bond donors (Lipinski definition) is 1. The van der Waals surface area contributed by atoms with Crippen LogP contribution in [-0.2, 0) is 6.54 Å². The van der Waals surface area contributed by atoms with Gasteiger partial charge in [-0.2, -0.15) is 0 Å². The molecule has 0 aliphatic carbocycles. The Kier molecular flexibility index (Phi) is 4.11. The van der Waals surface area contributed by atoms with Crippen LogP contribution in [0, 0.1) is 0 Å². The number of nitrogens with zero attached hydrogens (tertiary/aromatic N) is 2. The molecular weight excluding hydrogens is 206 g/mol. The van der Waals surface area contributed by atoms with E-state index in [-0.39, 0.29) is 0 Å². The van der Waals surface area contributed by atoms with E-state index in [2.05, 4.69) is 22.1 Å². The third-order valence-electron chi connectivity index (χ3n) is 3.00. The summed E-state index contributed by atoms with van der Waals surface area (Å²) >= 11 is 1.73. The number of likely N-dealkylation sites (N-methyl/N-ethyl adjacent to an activating group) is 1. The van der Waals surface area contributed by atoms with Gasteiger partial charge in [-0.3, -0.25) is 4.98 Å². The first-order valence-corrected chi connectivity index (χ1v) is 6.59. The molecule has 1 aromatic rings. The lowest BCUT2D eigenvalue weighted by Gasteiger charge is -2.32. The molecule has 1 atom stereocenters. The molecule has 1 aliphatic rings. The molecule has 0 amide bonds. The SMILES string of the molecule is CCN1CCCC(NCc2cncs2)C1. The van der Waals surface area contributed by atoms with E-state index in [0.29, 0.717) is 6.04 Å². The molecule has 3 nitrogen and oxygen atoms in total. The van der Waals surface area contributed by atoms with E-state index in [1.165, 1.54) is 37.4 Å². The maximum atomic E-state index is 4.09. The molecule has 1 fully saturated rings. The first-order chi connectivity index (χ1) is 7.38. The molecule has 1 N–H and O–H groups in total. The Bertz CT molecular complexity index is 273. The van der Waals surface area contributed by atoms with E-state index in [1.54, 1.807) is 11.3 Å². The van der Waals surface area contributed by atoms with Gasteiger partial charge < -0.3 is 10.2 Å². The van der Waals surface area contributed by atoms with E-state index in [0.717, 1.165) is 6.54 Å². The summed E-state index contributed by atoms with van der Waals surface area (Å²) in [6.45, 7) is 6.88. The monoisotopic (exact) mass is 225 g/mol. The van der Waals surface area contributed by atoms with Gasteiger partial charge in [0, 0.05) is 30.2 Å². The standard InChI is InChI=1S/C11H19N3S/c1-2-14-5-3-4-10(8-14)13-7-11-6-12-9-15-11/h6,9-10,13H,2-5,7-8H2,1H3. The van der Waals surface area contributed by atoms with Crippen molar-refractivity contribution in [3.8, 4) is 0 Å². The van der Waals surface area contributed by atoms with Crippen molar-refractivity contribution < 1.29 is 0 Å². The van der Waals surface area contributed by atoms with Gasteiger partial charge in [-0.05, 0) is 25.9 Å². The van der Waals surface area contributed by atoms with Crippen LogP contribution in [0.5, 0.6) is 0 Å². The summed E-state index contributed by atoms with van der Waals surface area (Å²) in [7, 11) is 0. The van der Waals surface area contributed by atoms with Crippen LogP contribution >= 0.6 is 11.3 Å². The van der Waals surface area contributed by atoms with Crippen molar-refractivity contribution >= 4 is 11.3 Å². The third kappa shape index (κ3) is 3.26. The summed E-state index contributed by atoms with van der Waals surface area (Å²) in [6.07, 6.45) is 4.60. The highest BCUT2D eigenvalue weighted by Crippen LogP contribution is 2.11. The molecule has 84 valence electrons. The highest BCUT2D eigenvalue weighted by atomic mass is 32.1. The van der Waals surface area contributed by atoms with Crippen molar-refractivity contribution in [1.29, 1.82) is 0 Å². The van der Waals surface area contributed by atoms with Crippen molar-refractivity contribution in [3.63, 3.8) is 0 Å². The number of nitrogens with one attached hydrogen (secondary N) is 1. The number of rotatable bonds is 4. The lowest BCUT2D eigenvalue weighted by Crippen LogP contribution is -2.45. The van der Waals surface area contributed by atoms with Crippen molar-refractivity contribution in [3.05, 3.63) is 16.6 Å². The van der Waals surface area contributed by atoms with Crippen LogP contribution < -0.4 is 5.32 Å². The summed E-state index contributed by atoms with van der Waals surface area (Å²) in [5.41, 5.74) is 1.90. The number of aromatic nitrogens is 1. The minimum Gasteiger partial charge on any atom is -0.308 e. The van der Waals surface area contributed by atoms with Gasteiger partial charge in [0.15, 0.2) is 0 Å². The van der Waals surface area contributed by atoms with Gasteiger partial charge in [0.2, 0.25) is 0 Å². The van der Waals surface area contributed by atoms with Crippen LogP contribution in [0.4, 0.5) is 0 Å². The predicted molar refractivity (Wildman–Crippen MR) is 64.1 cm³/mol. The van der Waals surface area contributed by atoms with Crippen molar-refractivity contribution in [1.82, 2.24) is 15.2 Å². The fourth-order valence-electron chi connectivity index (χ4n) is 2.08. The molecule has 1 aliphatic heterocycles. The van der Waals surface area contributed by atoms with E-state index < -0.39 is 0 Å². The average molecular weight is 225 g/mol. The molecule has 1 unspecified atom stereocenters. The maximum absolute atomic E-state index is 4.09. The van der Waals surface area contributed by atoms with Crippen LogP contribution in [-0.4, -0.2) is 35.6 Å². The van der Waals surface area contributed by atoms with E-state index in [1.807, 2.05) is 11.7 Å². The molecule has 0 saturated carbocycles. The summed E-state index contributed by atoms with van der Waals surface area (Å²) in [5, 5.41) is 3.62. The summed E-state index contributed by atoms with van der Waals surface area (Å²) < 4.78 is 0. The number of piperidine rings is 1. The molecule has 0 aromatic carbocycles. The van der Waals surface area contributed by atoms with Crippen molar-refractivity contribution in [2.75, 3.05) is 19.6 Å². The zero-order valence-electron chi connectivity index (χ0n) is 9.28.